The van der Waals surface area contributed by atoms with Gasteiger partial charge in [0.25, 0.3) is 5.91 Å². The summed E-state index contributed by atoms with van der Waals surface area (Å²) >= 11 is 0. The number of nitrogen functional groups attached to an aromatic ring is 1. The molecule has 9 heteroatoms. The van der Waals surface area contributed by atoms with Gasteiger partial charge >= 0.3 is 0 Å². The first-order chi connectivity index (χ1) is 12.9. The number of carbonyl (C=O) groups is 1. The van der Waals surface area contributed by atoms with Crippen LogP contribution in [-0.4, -0.2) is 50.2 Å². The maximum absolute atomic E-state index is 12.1. The lowest BCUT2D eigenvalue weighted by Crippen LogP contribution is -2.22. The Balaban J connectivity index is 1.89. The van der Waals surface area contributed by atoms with Crippen LogP contribution in [0.1, 0.15) is 46.8 Å². The monoisotopic (exact) mass is 369 g/mol. The molecular formula is C18H23N7O2. The molecule has 9 nitrogen and oxygen atoms in total. The topological polar surface area (TPSA) is 129 Å². The largest absolute Gasteiger partial charge is 0.382 e. The number of aromatic nitrogens is 4. The summed E-state index contributed by atoms with van der Waals surface area (Å²) in [6, 6.07) is 1.68. The van der Waals surface area contributed by atoms with Crippen molar-refractivity contribution in [3.63, 3.8) is 0 Å². The highest BCUT2D eigenvalue weighted by Crippen LogP contribution is 2.33. The van der Waals surface area contributed by atoms with E-state index in [0.717, 1.165) is 31.6 Å². The third kappa shape index (κ3) is 2.74. The van der Waals surface area contributed by atoms with Gasteiger partial charge in [-0.25, -0.2) is 4.98 Å². The molecule has 4 N–H and O–H groups in total. The van der Waals surface area contributed by atoms with Gasteiger partial charge in [0, 0.05) is 12.5 Å². The van der Waals surface area contributed by atoms with Gasteiger partial charge in [0.1, 0.15) is 11.5 Å². The molecule has 1 aliphatic heterocycles. The summed E-state index contributed by atoms with van der Waals surface area (Å²) in [5, 5.41) is 8.66. The molecule has 142 valence electrons. The fraction of sp³-hybridized carbons (Fsp3) is 0.444. The van der Waals surface area contributed by atoms with Crippen LogP contribution in [0, 0.1) is 13.8 Å². The number of carbonyl (C=O) groups excluding carboxylic acids is 1. The van der Waals surface area contributed by atoms with Gasteiger partial charge in [-0.05, 0) is 39.4 Å². The minimum absolute atomic E-state index is 0.140. The minimum atomic E-state index is -0.504. The maximum atomic E-state index is 12.1. The van der Waals surface area contributed by atoms with E-state index in [2.05, 4.69) is 27.1 Å². The predicted molar refractivity (Wildman–Crippen MR) is 100 cm³/mol. The molecule has 1 aliphatic rings. The zero-order chi connectivity index (χ0) is 19.3. The highest BCUT2D eigenvalue weighted by Gasteiger charge is 2.29. The van der Waals surface area contributed by atoms with E-state index in [9.17, 15) is 4.79 Å². The second-order valence-corrected chi connectivity index (χ2v) is 7.00. The zero-order valence-corrected chi connectivity index (χ0v) is 15.7. The van der Waals surface area contributed by atoms with Gasteiger partial charge in [-0.3, -0.25) is 4.79 Å². The highest BCUT2D eigenvalue weighted by molar-refractivity contribution is 5.95. The molecule has 0 bridgehead atoms. The number of aryl methyl sites for hydroxylation is 2. The molecule has 4 heterocycles. The molecule has 3 aromatic rings. The highest BCUT2D eigenvalue weighted by atomic mass is 16.5. The average Bonchev–Trinajstić information content (AvgIpc) is 3.32. The number of fused-ring (bicyclic) bond motifs is 1. The molecule has 1 atom stereocenters. The fourth-order valence-electron chi connectivity index (χ4n) is 3.85. The second kappa shape index (κ2) is 6.34. The normalized spacial score (nSPS) is 17.8. The van der Waals surface area contributed by atoms with Crippen LogP contribution in [0.3, 0.4) is 0 Å². The summed E-state index contributed by atoms with van der Waals surface area (Å²) in [7, 11) is 0. The number of nitrogens with two attached hydrogens (primary N) is 2. The van der Waals surface area contributed by atoms with Gasteiger partial charge in [0.05, 0.1) is 22.5 Å². The van der Waals surface area contributed by atoms with Crippen molar-refractivity contribution in [1.82, 2.24) is 24.7 Å². The average molecular weight is 369 g/mol. The number of rotatable bonds is 4. The van der Waals surface area contributed by atoms with Crippen molar-refractivity contribution >= 4 is 17.4 Å². The first kappa shape index (κ1) is 17.5. The summed E-state index contributed by atoms with van der Waals surface area (Å²) in [6.07, 6.45) is 0.929. The van der Waals surface area contributed by atoms with E-state index >= 15 is 0 Å². The van der Waals surface area contributed by atoms with Crippen LogP contribution in [0.25, 0.3) is 16.9 Å². The Kier molecular flexibility index (Phi) is 4.11. The lowest BCUT2D eigenvalue weighted by molar-refractivity contribution is 0.0998. The van der Waals surface area contributed by atoms with Crippen molar-refractivity contribution in [2.24, 2.45) is 5.73 Å². The molecule has 0 aliphatic carbocycles. The predicted octanol–water partition coefficient (Wildman–Crippen LogP) is 1.49. The molecule has 4 rings (SSSR count). The van der Waals surface area contributed by atoms with E-state index in [4.69, 9.17) is 16.0 Å². The number of nitrogens with zero attached hydrogens (tertiary/aromatic N) is 5. The summed E-state index contributed by atoms with van der Waals surface area (Å²) < 4.78 is 6.82. The van der Waals surface area contributed by atoms with E-state index in [1.807, 2.05) is 13.8 Å². The quantitative estimate of drug-likeness (QED) is 0.713. The van der Waals surface area contributed by atoms with E-state index < -0.39 is 5.91 Å². The Bertz CT molecular complexity index is 1020. The van der Waals surface area contributed by atoms with Crippen LogP contribution in [-0.2, 0) is 0 Å². The smallest absolute Gasteiger partial charge is 0.250 e. The first-order valence-corrected chi connectivity index (χ1v) is 9.05. The van der Waals surface area contributed by atoms with Gasteiger partial charge in [-0.15, -0.1) is 0 Å². The molecule has 1 saturated heterocycles. The van der Waals surface area contributed by atoms with Gasteiger partial charge in [-0.2, -0.15) is 9.61 Å². The second-order valence-electron chi connectivity index (χ2n) is 7.00. The SMILES string of the molecule is CCN1CCC(c2nn3c(N)c(-c4c(C)noc4C)nc3cc2C(N)=O)C1. The van der Waals surface area contributed by atoms with Crippen molar-refractivity contribution in [2.75, 3.05) is 25.4 Å². The van der Waals surface area contributed by atoms with Gasteiger partial charge < -0.3 is 20.9 Å². The van der Waals surface area contributed by atoms with Crippen LogP contribution in [0.4, 0.5) is 5.82 Å². The maximum Gasteiger partial charge on any atom is 0.250 e. The molecule has 0 radical (unpaired) electrons. The minimum Gasteiger partial charge on any atom is -0.382 e. The van der Waals surface area contributed by atoms with Crippen molar-refractivity contribution < 1.29 is 9.32 Å². The van der Waals surface area contributed by atoms with E-state index in [1.165, 1.54) is 0 Å². The lowest BCUT2D eigenvalue weighted by atomic mass is 9.99. The standard InChI is InChI=1S/C18H23N7O2/c1-4-24-6-5-11(8-24)15-12(18(20)26)7-13-21-16(17(19)25(13)22-15)14-9(2)23-27-10(14)3/h7,11H,4-6,8,19H2,1-3H3,(H2,20,26). The van der Waals surface area contributed by atoms with E-state index in [0.29, 0.717) is 39.9 Å². The van der Waals surface area contributed by atoms with Crippen LogP contribution in [0.15, 0.2) is 10.6 Å². The van der Waals surface area contributed by atoms with Crippen LogP contribution >= 0.6 is 0 Å². The Labute approximate surface area is 156 Å². The summed E-state index contributed by atoms with van der Waals surface area (Å²) in [5.41, 5.74) is 15.6. The van der Waals surface area contributed by atoms with Crippen LogP contribution in [0.2, 0.25) is 0 Å². The number of primary amides is 1. The third-order valence-electron chi connectivity index (χ3n) is 5.31. The number of likely N-dealkylation sites (N-methyl/N-ethyl adjacent to an activating group) is 1. The summed E-state index contributed by atoms with van der Waals surface area (Å²) in [4.78, 5) is 19.0. The number of imidazole rings is 1. The number of amides is 1. The zero-order valence-electron chi connectivity index (χ0n) is 15.7. The van der Waals surface area contributed by atoms with E-state index in [1.54, 1.807) is 10.6 Å². The van der Waals surface area contributed by atoms with Crippen molar-refractivity contribution in [3.8, 4) is 11.3 Å². The molecule has 1 fully saturated rings. The number of likely N-dealkylation sites (tertiary alicyclic amines) is 1. The summed E-state index contributed by atoms with van der Waals surface area (Å²) in [5.74, 6) is 0.658. The van der Waals surface area contributed by atoms with Crippen LogP contribution < -0.4 is 11.5 Å². The molecule has 1 unspecified atom stereocenters. The summed E-state index contributed by atoms with van der Waals surface area (Å²) in [6.45, 7) is 8.56. The molecule has 1 amide bonds. The molecular weight excluding hydrogens is 346 g/mol. The number of anilines is 1. The van der Waals surface area contributed by atoms with Crippen LogP contribution in [0.5, 0.6) is 0 Å². The van der Waals surface area contributed by atoms with Crippen molar-refractivity contribution in [3.05, 3.63) is 28.8 Å². The molecule has 3 aromatic heterocycles. The van der Waals surface area contributed by atoms with Crippen molar-refractivity contribution in [2.45, 2.75) is 33.1 Å². The Morgan fingerprint density at radius 1 is 1.41 bits per heavy atom. The van der Waals surface area contributed by atoms with Gasteiger partial charge in [-0.1, -0.05) is 12.1 Å². The molecule has 0 spiro atoms. The Hall–Kier alpha value is -2.94. The molecule has 0 saturated carbocycles. The third-order valence-corrected chi connectivity index (χ3v) is 5.31. The Morgan fingerprint density at radius 3 is 2.78 bits per heavy atom. The van der Waals surface area contributed by atoms with Gasteiger partial charge in [0.2, 0.25) is 0 Å². The van der Waals surface area contributed by atoms with E-state index in [-0.39, 0.29) is 5.92 Å². The number of hydrogen-bond donors (Lipinski definition) is 2. The molecule has 27 heavy (non-hydrogen) atoms. The number of hydrogen-bond acceptors (Lipinski definition) is 7. The van der Waals surface area contributed by atoms with Crippen molar-refractivity contribution in [1.29, 1.82) is 0 Å². The lowest BCUT2D eigenvalue weighted by Gasteiger charge is -2.15. The first-order valence-electron chi connectivity index (χ1n) is 9.05. The fourth-order valence-corrected chi connectivity index (χ4v) is 3.85. The Morgan fingerprint density at radius 2 is 2.19 bits per heavy atom. The van der Waals surface area contributed by atoms with Gasteiger partial charge in [0.15, 0.2) is 11.5 Å². The molecule has 0 aromatic carbocycles.